The molecular weight excluding hydrogens is 326 g/mol. The highest BCUT2D eigenvalue weighted by Gasteiger charge is 2.07. The number of benzene rings is 1. The van der Waals surface area contributed by atoms with Crippen molar-refractivity contribution < 1.29 is 0 Å². The predicted molar refractivity (Wildman–Crippen MR) is 76.9 cm³/mol. The van der Waals surface area contributed by atoms with Crippen LogP contribution in [-0.4, -0.2) is 25.2 Å². The number of hydrogen-bond donors (Lipinski definition) is 0. The van der Waals surface area contributed by atoms with Crippen molar-refractivity contribution in [3.05, 3.63) is 44.8 Å². The monoisotopic (exact) mass is 335 g/mol. The fraction of sp³-hybridized carbons (Fsp3) is 0.167. The molecule has 0 aliphatic carbocycles. The van der Waals surface area contributed by atoms with Crippen molar-refractivity contribution in [1.29, 1.82) is 0 Å². The molecule has 0 saturated heterocycles. The molecule has 2 heterocycles. The van der Waals surface area contributed by atoms with Gasteiger partial charge in [-0.2, -0.15) is 4.80 Å². The van der Waals surface area contributed by atoms with Gasteiger partial charge in [0.1, 0.15) is 6.54 Å². The van der Waals surface area contributed by atoms with E-state index in [1.165, 1.54) is 0 Å². The van der Waals surface area contributed by atoms with E-state index in [2.05, 4.69) is 36.3 Å². The van der Waals surface area contributed by atoms with Crippen LogP contribution in [0, 0.1) is 6.92 Å². The third-order valence-corrected chi connectivity index (χ3v) is 3.88. The Kier molecular flexibility index (Phi) is 3.39. The summed E-state index contributed by atoms with van der Waals surface area (Å²) in [5.41, 5.74) is 1.91. The molecule has 0 radical (unpaired) electrons. The maximum atomic E-state index is 4.38. The smallest absolute Gasteiger partial charge is 0.204 e. The van der Waals surface area contributed by atoms with Gasteiger partial charge in [0.2, 0.25) is 5.82 Å². The van der Waals surface area contributed by atoms with Crippen LogP contribution in [-0.2, 0) is 6.54 Å². The van der Waals surface area contributed by atoms with Gasteiger partial charge < -0.3 is 0 Å². The van der Waals surface area contributed by atoms with Crippen LogP contribution in [0.3, 0.4) is 0 Å². The molecule has 1 aromatic carbocycles. The SMILES string of the molecule is Cc1nc(Cn2nnc(-c3ccc(Br)cc3)n2)cs1. The molecule has 0 saturated carbocycles. The predicted octanol–water partition coefficient (Wildman–Crippen LogP) is 2.92. The van der Waals surface area contributed by atoms with Crippen molar-refractivity contribution in [2.75, 3.05) is 0 Å². The molecule has 0 spiro atoms. The van der Waals surface area contributed by atoms with Crippen LogP contribution in [0.4, 0.5) is 0 Å². The standard InChI is InChI=1S/C12H10BrN5S/c1-8-14-11(7-19-8)6-18-16-12(15-17-18)9-2-4-10(13)5-3-9/h2-5,7H,6H2,1H3. The van der Waals surface area contributed by atoms with Crippen molar-refractivity contribution in [3.8, 4) is 11.4 Å². The van der Waals surface area contributed by atoms with Gasteiger partial charge in [-0.15, -0.1) is 21.5 Å². The highest BCUT2D eigenvalue weighted by Crippen LogP contribution is 2.17. The lowest BCUT2D eigenvalue weighted by atomic mass is 10.2. The second kappa shape index (κ2) is 5.18. The van der Waals surface area contributed by atoms with Crippen molar-refractivity contribution >= 4 is 27.3 Å². The van der Waals surface area contributed by atoms with Crippen LogP contribution in [0.5, 0.6) is 0 Å². The number of rotatable bonds is 3. The summed E-state index contributed by atoms with van der Waals surface area (Å²) < 4.78 is 1.03. The Labute approximate surface area is 122 Å². The van der Waals surface area contributed by atoms with Gasteiger partial charge in [0.25, 0.3) is 0 Å². The number of thiazole rings is 1. The summed E-state index contributed by atoms with van der Waals surface area (Å²) in [6.45, 7) is 2.53. The van der Waals surface area contributed by atoms with E-state index in [0.29, 0.717) is 12.4 Å². The summed E-state index contributed by atoms with van der Waals surface area (Å²) in [4.78, 5) is 5.94. The second-order valence-electron chi connectivity index (χ2n) is 4.01. The Morgan fingerprint density at radius 3 is 2.74 bits per heavy atom. The third kappa shape index (κ3) is 2.87. The van der Waals surface area contributed by atoms with Gasteiger partial charge in [0, 0.05) is 15.4 Å². The Morgan fingerprint density at radius 1 is 1.26 bits per heavy atom. The summed E-state index contributed by atoms with van der Waals surface area (Å²) in [5.74, 6) is 0.624. The number of nitrogens with zero attached hydrogens (tertiary/aromatic N) is 5. The minimum Gasteiger partial charge on any atom is -0.245 e. The topological polar surface area (TPSA) is 56.5 Å². The average Bonchev–Trinajstić information content (AvgIpc) is 3.00. The van der Waals surface area contributed by atoms with E-state index in [-0.39, 0.29) is 0 Å². The molecule has 3 rings (SSSR count). The summed E-state index contributed by atoms with van der Waals surface area (Å²) in [6.07, 6.45) is 0. The fourth-order valence-electron chi connectivity index (χ4n) is 1.65. The van der Waals surface area contributed by atoms with Gasteiger partial charge in [-0.3, -0.25) is 0 Å². The fourth-order valence-corrected chi connectivity index (χ4v) is 2.52. The zero-order chi connectivity index (χ0) is 13.2. The molecule has 0 aliphatic rings. The second-order valence-corrected chi connectivity index (χ2v) is 5.99. The molecule has 0 N–H and O–H groups in total. The first-order chi connectivity index (χ1) is 9.20. The normalized spacial score (nSPS) is 10.8. The van der Waals surface area contributed by atoms with Crippen LogP contribution in [0.2, 0.25) is 0 Å². The summed E-state index contributed by atoms with van der Waals surface area (Å²) >= 11 is 5.02. The van der Waals surface area contributed by atoms with Gasteiger partial charge in [-0.1, -0.05) is 15.9 Å². The number of aryl methyl sites for hydroxylation is 1. The molecule has 0 fully saturated rings. The summed E-state index contributed by atoms with van der Waals surface area (Å²) in [7, 11) is 0. The lowest BCUT2D eigenvalue weighted by molar-refractivity contribution is 0.566. The van der Waals surface area contributed by atoms with E-state index in [4.69, 9.17) is 0 Å². The number of aromatic nitrogens is 5. The van der Waals surface area contributed by atoms with Crippen molar-refractivity contribution in [2.24, 2.45) is 0 Å². The van der Waals surface area contributed by atoms with E-state index < -0.39 is 0 Å². The van der Waals surface area contributed by atoms with Gasteiger partial charge in [0.05, 0.1) is 10.7 Å². The lowest BCUT2D eigenvalue weighted by Crippen LogP contribution is -2.04. The van der Waals surface area contributed by atoms with Crippen LogP contribution in [0.15, 0.2) is 34.1 Å². The minimum absolute atomic E-state index is 0.549. The van der Waals surface area contributed by atoms with Gasteiger partial charge in [-0.05, 0) is 36.4 Å². The lowest BCUT2D eigenvalue weighted by Gasteiger charge is -1.95. The largest absolute Gasteiger partial charge is 0.245 e. The maximum absolute atomic E-state index is 4.38. The number of tetrazole rings is 1. The minimum atomic E-state index is 0.549. The molecular formula is C12H10BrN5S. The first-order valence-electron chi connectivity index (χ1n) is 5.65. The van der Waals surface area contributed by atoms with E-state index in [1.54, 1.807) is 16.1 Å². The van der Waals surface area contributed by atoms with Gasteiger partial charge in [0.15, 0.2) is 0 Å². The molecule has 3 aromatic rings. The van der Waals surface area contributed by atoms with Crippen molar-refractivity contribution in [2.45, 2.75) is 13.5 Å². The molecule has 0 atom stereocenters. The quantitative estimate of drug-likeness (QED) is 0.738. The Balaban J connectivity index is 1.81. The van der Waals surface area contributed by atoms with Gasteiger partial charge >= 0.3 is 0 Å². The Bertz CT molecular complexity index is 688. The van der Waals surface area contributed by atoms with Crippen molar-refractivity contribution in [1.82, 2.24) is 25.2 Å². The van der Waals surface area contributed by atoms with Crippen LogP contribution < -0.4 is 0 Å². The van der Waals surface area contributed by atoms with Crippen molar-refractivity contribution in [3.63, 3.8) is 0 Å². The molecule has 2 aromatic heterocycles. The van der Waals surface area contributed by atoms with Crippen LogP contribution >= 0.6 is 27.3 Å². The van der Waals surface area contributed by atoms with E-state index >= 15 is 0 Å². The molecule has 0 unspecified atom stereocenters. The molecule has 19 heavy (non-hydrogen) atoms. The highest BCUT2D eigenvalue weighted by atomic mass is 79.9. The maximum Gasteiger partial charge on any atom is 0.204 e. The average molecular weight is 336 g/mol. The molecule has 5 nitrogen and oxygen atoms in total. The van der Waals surface area contributed by atoms with Crippen LogP contribution in [0.25, 0.3) is 11.4 Å². The number of hydrogen-bond acceptors (Lipinski definition) is 5. The zero-order valence-corrected chi connectivity index (χ0v) is 12.5. The van der Waals surface area contributed by atoms with E-state index in [0.717, 1.165) is 20.7 Å². The third-order valence-electron chi connectivity index (χ3n) is 2.53. The van der Waals surface area contributed by atoms with Gasteiger partial charge in [-0.25, -0.2) is 4.98 Å². The first kappa shape index (κ1) is 12.4. The molecule has 0 bridgehead atoms. The molecule has 7 heteroatoms. The highest BCUT2D eigenvalue weighted by molar-refractivity contribution is 9.10. The van der Waals surface area contributed by atoms with Crippen LogP contribution in [0.1, 0.15) is 10.7 Å². The summed E-state index contributed by atoms with van der Waals surface area (Å²) in [5, 5.41) is 15.5. The Hall–Kier alpha value is -1.60. The zero-order valence-electron chi connectivity index (χ0n) is 10.1. The van der Waals surface area contributed by atoms with E-state index in [1.807, 2.05) is 36.6 Å². The first-order valence-corrected chi connectivity index (χ1v) is 7.33. The molecule has 0 aliphatic heterocycles. The molecule has 96 valence electrons. The Morgan fingerprint density at radius 2 is 2.05 bits per heavy atom. The van der Waals surface area contributed by atoms with E-state index in [9.17, 15) is 0 Å². The molecule has 0 amide bonds. The number of halogens is 1. The summed E-state index contributed by atoms with van der Waals surface area (Å²) in [6, 6.07) is 7.83.